The van der Waals surface area contributed by atoms with Crippen LogP contribution in [0.2, 0.25) is 0 Å². The Bertz CT molecular complexity index is 1850. The summed E-state index contributed by atoms with van der Waals surface area (Å²) in [6.45, 7) is 1.38. The Morgan fingerprint density at radius 2 is 1.49 bits per heavy atom. The van der Waals surface area contributed by atoms with Crippen molar-refractivity contribution in [2.45, 2.75) is 6.92 Å². The minimum Gasteiger partial charge on any atom is -0.454 e. The maximum absolute atomic E-state index is 13.2. The van der Waals surface area contributed by atoms with Crippen molar-refractivity contribution in [3.05, 3.63) is 131 Å². The van der Waals surface area contributed by atoms with E-state index in [0.29, 0.717) is 39.0 Å². The molecule has 6 rings (SSSR count). The molecule has 4 aromatic carbocycles. The van der Waals surface area contributed by atoms with E-state index in [1.165, 1.54) is 24.3 Å². The summed E-state index contributed by atoms with van der Waals surface area (Å²) < 4.78 is 18.6. The number of hydrogen-bond donors (Lipinski definition) is 0. The van der Waals surface area contributed by atoms with Gasteiger partial charge in [0.05, 0.1) is 33.6 Å². The molecule has 0 spiro atoms. The summed E-state index contributed by atoms with van der Waals surface area (Å²) in [6, 6.07) is 25.5. The van der Waals surface area contributed by atoms with E-state index >= 15 is 0 Å². The van der Waals surface area contributed by atoms with Crippen LogP contribution in [0.4, 0.5) is 10.1 Å². The minimum absolute atomic E-state index is 0.227. The third-order valence-electron chi connectivity index (χ3n) is 6.90. The quantitative estimate of drug-likeness (QED) is 0.144. The first-order chi connectivity index (χ1) is 19.8. The Labute approximate surface area is 233 Å². The van der Waals surface area contributed by atoms with E-state index < -0.39 is 36.0 Å². The summed E-state index contributed by atoms with van der Waals surface area (Å²) in [4.78, 5) is 57.3. The molecular formula is C33H21FN2O5. The highest BCUT2D eigenvalue weighted by Crippen LogP contribution is 2.31. The Morgan fingerprint density at radius 1 is 0.829 bits per heavy atom. The molecule has 2 amide bonds. The molecule has 41 heavy (non-hydrogen) atoms. The minimum atomic E-state index is -0.706. The Balaban J connectivity index is 1.29. The number of fused-ring (bicyclic) bond motifs is 2. The number of esters is 1. The van der Waals surface area contributed by atoms with E-state index in [4.69, 9.17) is 9.72 Å². The second kappa shape index (κ2) is 10.2. The molecule has 1 aromatic heterocycles. The molecule has 0 unspecified atom stereocenters. The predicted octanol–water partition coefficient (Wildman–Crippen LogP) is 6.19. The lowest BCUT2D eigenvalue weighted by atomic mass is 10.0. The number of Topliss-reactive ketones (excluding diaryl/α,β-unsaturated/α-hetero) is 1. The van der Waals surface area contributed by atoms with Gasteiger partial charge in [0.1, 0.15) is 5.82 Å². The highest BCUT2D eigenvalue weighted by atomic mass is 19.1. The van der Waals surface area contributed by atoms with Crippen molar-refractivity contribution in [2.24, 2.45) is 0 Å². The third kappa shape index (κ3) is 4.76. The van der Waals surface area contributed by atoms with Crippen LogP contribution in [0.25, 0.3) is 22.2 Å². The number of aryl methyl sites for hydroxylation is 1. The molecule has 0 bridgehead atoms. The molecule has 8 heteroatoms. The maximum Gasteiger partial charge on any atom is 0.339 e. The molecule has 7 nitrogen and oxygen atoms in total. The largest absolute Gasteiger partial charge is 0.454 e. The van der Waals surface area contributed by atoms with Crippen LogP contribution < -0.4 is 4.90 Å². The summed E-state index contributed by atoms with van der Waals surface area (Å²) >= 11 is 0. The lowest BCUT2D eigenvalue weighted by Gasteiger charge is -2.15. The second-order valence-corrected chi connectivity index (χ2v) is 9.62. The summed E-state index contributed by atoms with van der Waals surface area (Å²) in [6.07, 6.45) is 0. The van der Waals surface area contributed by atoms with Gasteiger partial charge in [0.15, 0.2) is 12.4 Å². The van der Waals surface area contributed by atoms with Crippen molar-refractivity contribution in [1.82, 2.24) is 4.98 Å². The van der Waals surface area contributed by atoms with Gasteiger partial charge in [-0.05, 0) is 73.7 Å². The van der Waals surface area contributed by atoms with Crippen molar-refractivity contribution in [3.63, 3.8) is 0 Å². The van der Waals surface area contributed by atoms with Crippen molar-refractivity contribution in [1.29, 1.82) is 0 Å². The molecule has 0 saturated heterocycles. The van der Waals surface area contributed by atoms with Crippen LogP contribution in [0.15, 0.2) is 97.1 Å². The molecule has 0 N–H and O–H groups in total. The van der Waals surface area contributed by atoms with E-state index in [1.807, 2.05) is 19.1 Å². The van der Waals surface area contributed by atoms with Crippen molar-refractivity contribution in [2.75, 3.05) is 11.5 Å². The van der Waals surface area contributed by atoms with Crippen LogP contribution in [-0.4, -0.2) is 35.2 Å². The standard InChI is InChI=1S/C33H21FN2O5/c1-19-6-15-28-26(16-19)27(33(40)41-18-30(37)21-7-11-22(34)12-8-21)17-29(35-28)20-9-13-23(14-10-20)36-31(38)24-4-2-3-5-25(24)32(36)39/h2-17H,18H2,1H3. The fourth-order valence-electron chi connectivity index (χ4n) is 4.79. The zero-order valence-corrected chi connectivity index (χ0v) is 21.8. The van der Waals surface area contributed by atoms with Gasteiger partial charge in [-0.25, -0.2) is 19.1 Å². The van der Waals surface area contributed by atoms with Crippen LogP contribution in [0.3, 0.4) is 0 Å². The van der Waals surface area contributed by atoms with Crippen LogP contribution >= 0.6 is 0 Å². The molecule has 0 saturated carbocycles. The molecule has 1 aliphatic heterocycles. The SMILES string of the molecule is Cc1ccc2nc(-c3ccc(N4C(=O)c5ccccc5C4=O)cc3)cc(C(=O)OCC(=O)c3ccc(F)cc3)c2c1. The summed E-state index contributed by atoms with van der Waals surface area (Å²) in [5.74, 6) is -2.42. The van der Waals surface area contributed by atoms with Gasteiger partial charge in [-0.1, -0.05) is 35.9 Å². The van der Waals surface area contributed by atoms with Crippen molar-refractivity contribution in [3.8, 4) is 11.3 Å². The number of rotatable bonds is 6. The number of aromatic nitrogens is 1. The van der Waals surface area contributed by atoms with E-state index in [0.717, 1.165) is 10.5 Å². The van der Waals surface area contributed by atoms with Gasteiger partial charge >= 0.3 is 5.97 Å². The van der Waals surface area contributed by atoms with Crippen LogP contribution in [0, 0.1) is 12.7 Å². The monoisotopic (exact) mass is 544 g/mol. The first-order valence-corrected chi connectivity index (χ1v) is 12.8. The molecule has 1 aliphatic rings. The molecule has 200 valence electrons. The molecule has 0 fully saturated rings. The number of ketones is 1. The Kier molecular flexibility index (Phi) is 6.43. The van der Waals surface area contributed by atoms with Crippen LogP contribution in [0.5, 0.6) is 0 Å². The fourth-order valence-corrected chi connectivity index (χ4v) is 4.79. The zero-order valence-electron chi connectivity index (χ0n) is 21.8. The highest BCUT2D eigenvalue weighted by Gasteiger charge is 2.36. The summed E-state index contributed by atoms with van der Waals surface area (Å²) in [7, 11) is 0. The maximum atomic E-state index is 13.2. The van der Waals surface area contributed by atoms with Gasteiger partial charge in [-0.15, -0.1) is 0 Å². The molecule has 0 radical (unpaired) electrons. The number of halogens is 1. The first kappa shape index (κ1) is 25.8. The molecule has 5 aromatic rings. The van der Waals surface area contributed by atoms with Crippen LogP contribution in [-0.2, 0) is 4.74 Å². The van der Waals surface area contributed by atoms with Gasteiger partial charge in [-0.2, -0.15) is 0 Å². The predicted molar refractivity (Wildman–Crippen MR) is 151 cm³/mol. The van der Waals surface area contributed by atoms with E-state index in [9.17, 15) is 23.6 Å². The smallest absolute Gasteiger partial charge is 0.339 e. The number of nitrogens with zero attached hydrogens (tertiary/aromatic N) is 2. The number of benzene rings is 4. The van der Waals surface area contributed by atoms with E-state index in [1.54, 1.807) is 60.7 Å². The number of anilines is 1. The number of amides is 2. The number of carbonyl (C=O) groups is 4. The molecule has 2 heterocycles. The highest BCUT2D eigenvalue weighted by molar-refractivity contribution is 6.34. The first-order valence-electron chi connectivity index (χ1n) is 12.8. The second-order valence-electron chi connectivity index (χ2n) is 9.62. The number of pyridine rings is 1. The number of hydrogen-bond acceptors (Lipinski definition) is 6. The van der Waals surface area contributed by atoms with Gasteiger partial charge in [-0.3, -0.25) is 14.4 Å². The van der Waals surface area contributed by atoms with Gasteiger partial charge in [0.2, 0.25) is 0 Å². The van der Waals surface area contributed by atoms with Gasteiger partial charge in [0.25, 0.3) is 11.8 Å². The van der Waals surface area contributed by atoms with Gasteiger partial charge < -0.3 is 4.74 Å². The zero-order chi connectivity index (χ0) is 28.7. The van der Waals surface area contributed by atoms with E-state index in [2.05, 4.69) is 0 Å². The Hall–Kier alpha value is -5.50. The lowest BCUT2D eigenvalue weighted by molar-refractivity contribution is 0.0476. The molecule has 0 aliphatic carbocycles. The van der Waals surface area contributed by atoms with Crippen molar-refractivity contribution < 1.29 is 28.3 Å². The summed E-state index contributed by atoms with van der Waals surface area (Å²) in [5, 5.41) is 0.565. The Morgan fingerprint density at radius 3 is 2.15 bits per heavy atom. The third-order valence-corrected chi connectivity index (χ3v) is 6.90. The molecular weight excluding hydrogens is 523 g/mol. The normalized spacial score (nSPS) is 12.5. The molecule has 0 atom stereocenters. The average Bonchev–Trinajstić information content (AvgIpc) is 3.25. The average molecular weight is 545 g/mol. The topological polar surface area (TPSA) is 93.6 Å². The fraction of sp³-hybridized carbons (Fsp3) is 0.0606. The summed E-state index contributed by atoms with van der Waals surface area (Å²) in [5.41, 5.74) is 4.15. The lowest BCUT2D eigenvalue weighted by Crippen LogP contribution is -2.29. The number of ether oxygens (including phenoxy) is 1. The van der Waals surface area contributed by atoms with Gasteiger partial charge in [0, 0.05) is 16.5 Å². The number of imide groups is 1. The van der Waals surface area contributed by atoms with Crippen molar-refractivity contribution >= 4 is 40.2 Å². The van der Waals surface area contributed by atoms with Crippen LogP contribution in [0.1, 0.15) is 47.0 Å². The number of carbonyl (C=O) groups excluding carboxylic acids is 4. The van der Waals surface area contributed by atoms with E-state index in [-0.39, 0.29) is 11.1 Å².